The summed E-state index contributed by atoms with van der Waals surface area (Å²) in [5, 5.41) is 1.54. The topological polar surface area (TPSA) is 0 Å². The van der Waals surface area contributed by atoms with Gasteiger partial charge < -0.3 is 0 Å². The van der Waals surface area contributed by atoms with E-state index in [2.05, 4.69) is 31.2 Å². The molecule has 1 aliphatic carbocycles. The van der Waals surface area contributed by atoms with E-state index in [4.69, 9.17) is 0 Å². The van der Waals surface area contributed by atoms with Gasteiger partial charge in [0.15, 0.2) is 0 Å². The van der Waals surface area contributed by atoms with Crippen LogP contribution >= 0.6 is 11.8 Å². The lowest BCUT2D eigenvalue weighted by Crippen LogP contribution is -1.82. The minimum Gasteiger partial charge on any atom is -0.113 e. The third kappa shape index (κ3) is 1.51. The zero-order valence-corrected chi connectivity index (χ0v) is 8.16. The molecular weight excluding hydrogens is 164 g/mol. The average molecular weight is 177 g/mol. The first-order valence-corrected chi connectivity index (χ1v) is 5.36. The van der Waals surface area contributed by atoms with Gasteiger partial charge in [0, 0.05) is 4.91 Å². The van der Waals surface area contributed by atoms with Crippen molar-refractivity contribution in [1.29, 1.82) is 0 Å². The van der Waals surface area contributed by atoms with Gasteiger partial charge in [-0.1, -0.05) is 38.0 Å². The fourth-order valence-electron chi connectivity index (χ4n) is 1.45. The Morgan fingerprint density at radius 3 is 3.08 bits per heavy atom. The van der Waals surface area contributed by atoms with Crippen molar-refractivity contribution in [3.05, 3.63) is 40.0 Å². The van der Waals surface area contributed by atoms with E-state index in [1.165, 1.54) is 29.7 Å². The first kappa shape index (κ1) is 8.18. The monoisotopic (exact) mass is 177 g/mol. The van der Waals surface area contributed by atoms with E-state index in [1.54, 1.807) is 5.25 Å². The van der Waals surface area contributed by atoms with Crippen LogP contribution in [0.1, 0.15) is 26.2 Å². The highest BCUT2D eigenvalue weighted by Gasteiger charge is 2.21. The van der Waals surface area contributed by atoms with Gasteiger partial charge in [0.25, 0.3) is 0 Å². The van der Waals surface area contributed by atoms with Crippen molar-refractivity contribution in [3.8, 4) is 0 Å². The lowest BCUT2D eigenvalue weighted by molar-refractivity contribution is 0.786. The summed E-state index contributed by atoms with van der Waals surface area (Å²) in [6.45, 7) is 2.24. The van der Waals surface area contributed by atoms with E-state index < -0.39 is 0 Å². The molecule has 0 bridgehead atoms. The molecule has 12 heavy (non-hydrogen) atoms. The number of thioether (sulfide) groups is 1. The molecule has 2 rings (SSSR count). The second kappa shape index (κ2) is 3.53. The lowest BCUT2D eigenvalue weighted by atomic mass is 10.1. The average Bonchev–Trinajstić information content (AvgIpc) is 2.58. The lowest BCUT2D eigenvalue weighted by Gasteiger charge is -2.03. The maximum Gasteiger partial charge on any atom is 0.0580 e. The van der Waals surface area contributed by atoms with Crippen LogP contribution in [0.25, 0.3) is 0 Å². The molecule has 0 N–H and O–H groups in total. The van der Waals surface area contributed by atoms with Gasteiger partial charge in [0.05, 0.1) is 5.25 Å². The summed E-state index contributed by atoms with van der Waals surface area (Å²) in [6, 6.07) is 0. The van der Waals surface area contributed by atoms with Crippen molar-refractivity contribution < 1.29 is 0 Å². The van der Waals surface area contributed by atoms with Crippen LogP contribution in [0.5, 0.6) is 0 Å². The van der Waals surface area contributed by atoms with E-state index in [0.717, 1.165) is 0 Å². The summed E-state index contributed by atoms with van der Waals surface area (Å²) in [7, 11) is 0. The van der Waals surface area contributed by atoms with E-state index >= 15 is 0 Å². The number of fused-ring (bicyclic) bond motifs is 1. The zero-order valence-electron chi connectivity index (χ0n) is 7.34. The van der Waals surface area contributed by atoms with Crippen LogP contribution < -0.4 is 0 Å². The molecule has 0 spiro atoms. The number of unbranched alkanes of at least 4 members (excludes halogenated alkanes) is 1. The fraction of sp³-hybridized carbons (Fsp3) is 0.364. The largest absolute Gasteiger partial charge is 0.113 e. The molecule has 1 heteroatoms. The summed E-state index contributed by atoms with van der Waals surface area (Å²) in [5.41, 5.74) is 1.42. The highest BCUT2D eigenvalue weighted by atomic mass is 32.2. The van der Waals surface area contributed by atoms with E-state index in [-0.39, 0.29) is 0 Å². The van der Waals surface area contributed by atoms with Gasteiger partial charge in [0.1, 0.15) is 0 Å². The summed E-state index contributed by atoms with van der Waals surface area (Å²) in [5.74, 6) is 0. The molecule has 1 aliphatic heterocycles. The molecule has 1 heterocycles. The minimum atomic E-state index is 1.26. The molecule has 0 amide bonds. The summed E-state index contributed by atoms with van der Waals surface area (Å²) >= 11 is 1.94. The molecule has 2 aliphatic rings. The van der Waals surface area contributed by atoms with Gasteiger partial charge in [-0.2, -0.15) is 0 Å². The molecule has 0 nitrogen and oxygen atoms in total. The van der Waals surface area contributed by atoms with Gasteiger partial charge in [-0.05, 0) is 18.1 Å². The SMILES string of the molecule is CCCC[C]1C=C2C=CC=C2S1. The Hall–Kier alpha value is -0.430. The van der Waals surface area contributed by atoms with Gasteiger partial charge in [-0.25, -0.2) is 0 Å². The molecule has 63 valence electrons. The molecule has 0 atom stereocenters. The van der Waals surface area contributed by atoms with E-state index in [0.29, 0.717) is 0 Å². The molecule has 1 radical (unpaired) electrons. The van der Waals surface area contributed by atoms with Crippen molar-refractivity contribution >= 4 is 11.8 Å². The normalized spacial score (nSPS) is 21.1. The Balaban J connectivity index is 1.94. The predicted octanol–water partition coefficient (Wildman–Crippen LogP) is 3.84. The molecule has 0 aromatic heterocycles. The zero-order chi connectivity index (χ0) is 8.39. The van der Waals surface area contributed by atoms with Crippen LogP contribution in [0.4, 0.5) is 0 Å². The van der Waals surface area contributed by atoms with Crippen LogP contribution in [0.3, 0.4) is 0 Å². The molecule has 0 aromatic rings. The molecule has 0 unspecified atom stereocenters. The number of allylic oxidation sites excluding steroid dienone is 4. The number of hydrogen-bond donors (Lipinski definition) is 0. The van der Waals surface area contributed by atoms with Crippen molar-refractivity contribution in [2.24, 2.45) is 0 Å². The Labute approximate surface area is 78.4 Å². The van der Waals surface area contributed by atoms with Gasteiger partial charge >= 0.3 is 0 Å². The quantitative estimate of drug-likeness (QED) is 0.631. The Morgan fingerprint density at radius 2 is 2.33 bits per heavy atom. The second-order valence-corrected chi connectivity index (χ2v) is 4.33. The van der Waals surface area contributed by atoms with Gasteiger partial charge in [0.2, 0.25) is 0 Å². The third-order valence-corrected chi connectivity index (χ3v) is 3.32. The maximum absolute atomic E-state index is 2.33. The Morgan fingerprint density at radius 1 is 1.42 bits per heavy atom. The minimum absolute atomic E-state index is 1.26. The molecule has 0 saturated heterocycles. The van der Waals surface area contributed by atoms with E-state index in [1.807, 2.05) is 11.8 Å². The molecule has 0 aromatic carbocycles. The Kier molecular flexibility index (Phi) is 2.40. The van der Waals surface area contributed by atoms with Gasteiger partial charge in [-0.15, -0.1) is 11.8 Å². The van der Waals surface area contributed by atoms with E-state index in [9.17, 15) is 0 Å². The standard InChI is InChI=1S/C11H13S/c1-2-3-6-10-8-9-5-4-7-11(9)12-10/h4-5,7-8H,2-3,6H2,1H3. The van der Waals surface area contributed by atoms with Crippen LogP contribution in [0.15, 0.2) is 34.8 Å². The summed E-state index contributed by atoms with van der Waals surface area (Å²) < 4.78 is 0. The van der Waals surface area contributed by atoms with Crippen molar-refractivity contribution in [1.82, 2.24) is 0 Å². The second-order valence-electron chi connectivity index (χ2n) is 3.16. The van der Waals surface area contributed by atoms with Crippen molar-refractivity contribution in [2.45, 2.75) is 26.2 Å². The number of hydrogen-bond acceptors (Lipinski definition) is 1. The van der Waals surface area contributed by atoms with Gasteiger partial charge in [-0.3, -0.25) is 0 Å². The first-order valence-electron chi connectivity index (χ1n) is 4.54. The van der Waals surface area contributed by atoms with Crippen LogP contribution in [-0.2, 0) is 0 Å². The molecular formula is C11H13S. The smallest absolute Gasteiger partial charge is 0.0580 e. The molecule has 0 saturated carbocycles. The number of rotatable bonds is 3. The van der Waals surface area contributed by atoms with Crippen LogP contribution in [-0.4, -0.2) is 0 Å². The predicted molar refractivity (Wildman–Crippen MR) is 55.7 cm³/mol. The Bertz CT molecular complexity index is 258. The fourth-order valence-corrected chi connectivity index (χ4v) is 2.55. The maximum atomic E-state index is 2.33. The molecule has 0 fully saturated rings. The van der Waals surface area contributed by atoms with Crippen LogP contribution in [0, 0.1) is 5.25 Å². The summed E-state index contributed by atoms with van der Waals surface area (Å²) in [6.07, 6.45) is 12.7. The summed E-state index contributed by atoms with van der Waals surface area (Å²) in [4.78, 5) is 1.45. The highest BCUT2D eigenvalue weighted by Crippen LogP contribution is 2.46. The third-order valence-electron chi connectivity index (χ3n) is 2.14. The van der Waals surface area contributed by atoms with Crippen LogP contribution in [0.2, 0.25) is 0 Å². The van der Waals surface area contributed by atoms with Crippen molar-refractivity contribution in [3.63, 3.8) is 0 Å². The first-order chi connectivity index (χ1) is 5.90. The highest BCUT2D eigenvalue weighted by molar-refractivity contribution is 8.06. The van der Waals surface area contributed by atoms with Crippen molar-refractivity contribution in [2.75, 3.05) is 0 Å².